The molecule has 0 bridgehead atoms. The Morgan fingerprint density at radius 1 is 1.46 bits per heavy atom. The zero-order valence-electron chi connectivity index (χ0n) is 8.17. The highest BCUT2D eigenvalue weighted by molar-refractivity contribution is 5.86. The first kappa shape index (κ1) is 10.3. The maximum Gasteiger partial charge on any atom is 0.331 e. The van der Waals surface area contributed by atoms with Gasteiger partial charge in [-0.1, -0.05) is 12.8 Å². The SMILES string of the molecule is COC1(/C=C(/C)C(=O)O)CCCC1. The fraction of sp³-hybridized carbons (Fsp3) is 0.700. The van der Waals surface area contributed by atoms with Gasteiger partial charge in [-0.15, -0.1) is 0 Å². The van der Waals surface area contributed by atoms with Crippen LogP contribution in [0.2, 0.25) is 0 Å². The summed E-state index contributed by atoms with van der Waals surface area (Å²) < 4.78 is 5.38. The molecule has 0 atom stereocenters. The third-order valence-electron chi connectivity index (χ3n) is 2.67. The van der Waals surface area contributed by atoms with Gasteiger partial charge >= 0.3 is 5.97 Å². The molecule has 1 aliphatic rings. The van der Waals surface area contributed by atoms with E-state index in [2.05, 4.69) is 0 Å². The van der Waals surface area contributed by atoms with Gasteiger partial charge in [0, 0.05) is 12.7 Å². The average Bonchev–Trinajstić information content (AvgIpc) is 2.54. The molecule has 0 aromatic carbocycles. The molecule has 0 aromatic heterocycles. The van der Waals surface area contributed by atoms with Crippen LogP contribution in [0.15, 0.2) is 11.6 Å². The van der Waals surface area contributed by atoms with E-state index in [0.29, 0.717) is 5.57 Å². The van der Waals surface area contributed by atoms with Crippen LogP contribution in [0.1, 0.15) is 32.6 Å². The highest BCUT2D eigenvalue weighted by Gasteiger charge is 2.32. The van der Waals surface area contributed by atoms with Crippen LogP contribution < -0.4 is 0 Å². The van der Waals surface area contributed by atoms with Crippen LogP contribution in [0, 0.1) is 0 Å². The Balaban J connectivity index is 2.78. The van der Waals surface area contributed by atoms with Crippen molar-refractivity contribution in [2.45, 2.75) is 38.2 Å². The van der Waals surface area contributed by atoms with Crippen LogP contribution in [0.3, 0.4) is 0 Å². The van der Waals surface area contributed by atoms with Crippen molar-refractivity contribution in [3.8, 4) is 0 Å². The zero-order chi connectivity index (χ0) is 9.90. The molecule has 1 fully saturated rings. The molecule has 0 saturated heterocycles. The molecule has 74 valence electrons. The number of ether oxygens (including phenoxy) is 1. The van der Waals surface area contributed by atoms with Gasteiger partial charge in [-0.3, -0.25) is 0 Å². The molecule has 0 heterocycles. The first-order valence-corrected chi connectivity index (χ1v) is 4.57. The molecule has 0 radical (unpaired) electrons. The van der Waals surface area contributed by atoms with Gasteiger partial charge in [0.1, 0.15) is 0 Å². The topological polar surface area (TPSA) is 46.5 Å². The Kier molecular flexibility index (Phi) is 3.09. The number of carbonyl (C=O) groups is 1. The van der Waals surface area contributed by atoms with Gasteiger partial charge in [-0.05, 0) is 25.8 Å². The van der Waals surface area contributed by atoms with Crippen molar-refractivity contribution < 1.29 is 14.6 Å². The van der Waals surface area contributed by atoms with E-state index in [4.69, 9.17) is 9.84 Å². The zero-order valence-corrected chi connectivity index (χ0v) is 8.17. The number of carboxylic acids is 1. The molecule has 0 unspecified atom stereocenters. The summed E-state index contributed by atoms with van der Waals surface area (Å²) in [5.74, 6) is -0.858. The maximum absolute atomic E-state index is 10.6. The summed E-state index contributed by atoms with van der Waals surface area (Å²) in [6, 6.07) is 0. The van der Waals surface area contributed by atoms with Crippen molar-refractivity contribution in [2.24, 2.45) is 0 Å². The average molecular weight is 184 g/mol. The molecule has 3 heteroatoms. The van der Waals surface area contributed by atoms with E-state index < -0.39 is 5.97 Å². The lowest BCUT2D eigenvalue weighted by molar-refractivity contribution is -0.132. The van der Waals surface area contributed by atoms with Crippen LogP contribution in [0.25, 0.3) is 0 Å². The summed E-state index contributed by atoms with van der Waals surface area (Å²) in [4.78, 5) is 10.6. The maximum atomic E-state index is 10.6. The highest BCUT2D eigenvalue weighted by atomic mass is 16.5. The minimum atomic E-state index is -0.858. The summed E-state index contributed by atoms with van der Waals surface area (Å²) in [6.07, 6.45) is 5.87. The predicted octanol–water partition coefficient (Wildman–Crippen LogP) is 1.98. The summed E-state index contributed by atoms with van der Waals surface area (Å²) >= 11 is 0. The molecule has 0 aliphatic heterocycles. The summed E-state index contributed by atoms with van der Waals surface area (Å²) in [6.45, 7) is 1.61. The fourth-order valence-corrected chi connectivity index (χ4v) is 1.84. The van der Waals surface area contributed by atoms with Crippen molar-refractivity contribution in [3.63, 3.8) is 0 Å². The van der Waals surface area contributed by atoms with Crippen molar-refractivity contribution in [1.82, 2.24) is 0 Å². The van der Waals surface area contributed by atoms with Gasteiger partial charge in [0.2, 0.25) is 0 Å². The normalized spacial score (nSPS) is 21.8. The number of methoxy groups -OCH3 is 1. The van der Waals surface area contributed by atoms with Gasteiger partial charge in [-0.2, -0.15) is 0 Å². The molecule has 13 heavy (non-hydrogen) atoms. The second-order valence-corrected chi connectivity index (χ2v) is 3.61. The van der Waals surface area contributed by atoms with Crippen molar-refractivity contribution in [2.75, 3.05) is 7.11 Å². The lowest BCUT2D eigenvalue weighted by Crippen LogP contribution is -2.25. The molecule has 1 saturated carbocycles. The molecule has 0 aromatic rings. The van der Waals surface area contributed by atoms with Crippen LogP contribution in [0.5, 0.6) is 0 Å². The quantitative estimate of drug-likeness (QED) is 0.682. The van der Waals surface area contributed by atoms with Crippen molar-refractivity contribution in [1.29, 1.82) is 0 Å². The third kappa shape index (κ3) is 2.31. The fourth-order valence-electron chi connectivity index (χ4n) is 1.84. The number of hydrogen-bond donors (Lipinski definition) is 1. The molecule has 3 nitrogen and oxygen atoms in total. The number of aliphatic carboxylic acids is 1. The number of rotatable bonds is 3. The number of carboxylic acid groups (broad SMARTS) is 1. The van der Waals surface area contributed by atoms with E-state index in [9.17, 15) is 4.79 Å². The van der Waals surface area contributed by atoms with E-state index in [1.54, 1.807) is 20.1 Å². The van der Waals surface area contributed by atoms with Gasteiger partial charge in [0.15, 0.2) is 0 Å². The Bertz CT molecular complexity index is 224. The van der Waals surface area contributed by atoms with Gasteiger partial charge in [0.05, 0.1) is 5.60 Å². The summed E-state index contributed by atoms with van der Waals surface area (Å²) in [5.41, 5.74) is 0.0754. The van der Waals surface area contributed by atoms with E-state index in [1.165, 1.54) is 0 Å². The Morgan fingerprint density at radius 3 is 2.38 bits per heavy atom. The van der Waals surface area contributed by atoms with Gasteiger partial charge in [-0.25, -0.2) is 4.79 Å². The molecule has 1 aliphatic carbocycles. The van der Waals surface area contributed by atoms with Crippen LogP contribution in [-0.2, 0) is 9.53 Å². The molecule has 0 spiro atoms. The second kappa shape index (κ2) is 3.92. The Labute approximate surface area is 78.4 Å². The molecular formula is C10H16O3. The Hall–Kier alpha value is -0.830. The summed E-state index contributed by atoms with van der Waals surface area (Å²) in [5, 5.41) is 8.73. The molecule has 1 rings (SSSR count). The smallest absolute Gasteiger partial charge is 0.331 e. The molecular weight excluding hydrogens is 168 g/mol. The highest BCUT2D eigenvalue weighted by Crippen LogP contribution is 2.34. The third-order valence-corrected chi connectivity index (χ3v) is 2.67. The lowest BCUT2D eigenvalue weighted by atomic mass is 9.99. The number of hydrogen-bond acceptors (Lipinski definition) is 2. The van der Waals surface area contributed by atoms with Crippen molar-refractivity contribution >= 4 is 5.97 Å². The minimum absolute atomic E-state index is 0.303. The van der Waals surface area contributed by atoms with Gasteiger partial charge < -0.3 is 9.84 Å². The molecule has 0 amide bonds. The lowest BCUT2D eigenvalue weighted by Gasteiger charge is -2.23. The van der Waals surface area contributed by atoms with E-state index >= 15 is 0 Å². The molecule has 1 N–H and O–H groups in total. The van der Waals surface area contributed by atoms with Crippen LogP contribution in [0.4, 0.5) is 0 Å². The first-order valence-electron chi connectivity index (χ1n) is 4.57. The van der Waals surface area contributed by atoms with E-state index in [1.807, 2.05) is 0 Å². The van der Waals surface area contributed by atoms with Crippen LogP contribution >= 0.6 is 0 Å². The van der Waals surface area contributed by atoms with Crippen molar-refractivity contribution in [3.05, 3.63) is 11.6 Å². The second-order valence-electron chi connectivity index (χ2n) is 3.61. The van der Waals surface area contributed by atoms with Gasteiger partial charge in [0.25, 0.3) is 0 Å². The van der Waals surface area contributed by atoms with E-state index in [0.717, 1.165) is 25.7 Å². The largest absolute Gasteiger partial charge is 0.478 e. The first-order chi connectivity index (χ1) is 6.09. The summed E-state index contributed by atoms with van der Waals surface area (Å²) in [7, 11) is 1.65. The Morgan fingerprint density at radius 2 is 2.00 bits per heavy atom. The van der Waals surface area contributed by atoms with E-state index in [-0.39, 0.29) is 5.60 Å². The predicted molar refractivity (Wildman–Crippen MR) is 49.6 cm³/mol. The monoisotopic (exact) mass is 184 g/mol. The van der Waals surface area contributed by atoms with Crippen LogP contribution in [-0.4, -0.2) is 23.8 Å². The standard InChI is InChI=1S/C10H16O3/c1-8(9(11)12)7-10(13-2)5-3-4-6-10/h7H,3-6H2,1-2H3,(H,11,12)/b8-7-. The minimum Gasteiger partial charge on any atom is -0.478 e.